The monoisotopic (exact) mass is 379 g/mol. The molecule has 28 heavy (non-hydrogen) atoms. The van der Waals surface area contributed by atoms with E-state index in [0.717, 1.165) is 12.8 Å². The van der Waals surface area contributed by atoms with Crippen LogP contribution >= 0.6 is 0 Å². The Balaban J connectivity index is 1.54. The second-order valence-corrected chi connectivity index (χ2v) is 7.24. The van der Waals surface area contributed by atoms with Gasteiger partial charge in [-0.25, -0.2) is 0 Å². The van der Waals surface area contributed by atoms with E-state index in [0.29, 0.717) is 43.0 Å². The lowest BCUT2D eigenvalue weighted by atomic mass is 10.0. The Morgan fingerprint density at radius 1 is 0.929 bits per heavy atom. The average Bonchev–Trinajstić information content (AvgIpc) is 3.58. The molecule has 1 saturated carbocycles. The zero-order valence-corrected chi connectivity index (χ0v) is 15.4. The van der Waals surface area contributed by atoms with Crippen molar-refractivity contribution in [1.82, 2.24) is 4.90 Å². The number of carbonyl (C=O) groups excluding carboxylic acids is 2. The van der Waals surface area contributed by atoms with Gasteiger partial charge in [0.2, 0.25) is 5.91 Å². The molecule has 1 amide bonds. The van der Waals surface area contributed by atoms with Crippen molar-refractivity contribution in [3.05, 3.63) is 69.8 Å². The zero-order chi connectivity index (χ0) is 19.7. The molecule has 0 unspecified atom stereocenters. The van der Waals surface area contributed by atoms with E-state index in [2.05, 4.69) is 0 Å². The lowest BCUT2D eigenvalue weighted by Gasteiger charge is -2.36. The third-order valence-electron chi connectivity index (χ3n) is 5.33. The largest absolute Gasteiger partial charge is 0.362 e. The summed E-state index contributed by atoms with van der Waals surface area (Å²) >= 11 is 0. The molecule has 7 heteroatoms. The van der Waals surface area contributed by atoms with Crippen LogP contribution in [0.5, 0.6) is 0 Å². The average molecular weight is 379 g/mol. The molecule has 0 N–H and O–H groups in total. The first-order chi connectivity index (χ1) is 13.5. The predicted molar refractivity (Wildman–Crippen MR) is 104 cm³/mol. The van der Waals surface area contributed by atoms with Crippen LogP contribution in [0.25, 0.3) is 0 Å². The van der Waals surface area contributed by atoms with Crippen LogP contribution in [0, 0.1) is 16.0 Å². The summed E-state index contributed by atoms with van der Waals surface area (Å²) in [5.41, 5.74) is 1.21. The quantitative estimate of drug-likeness (QED) is 0.453. The second-order valence-electron chi connectivity index (χ2n) is 7.24. The highest BCUT2D eigenvalue weighted by Gasteiger charge is 2.35. The van der Waals surface area contributed by atoms with Gasteiger partial charge in [0.1, 0.15) is 5.69 Å². The van der Waals surface area contributed by atoms with Gasteiger partial charge in [0.15, 0.2) is 5.78 Å². The maximum atomic E-state index is 12.6. The zero-order valence-electron chi connectivity index (χ0n) is 15.4. The molecule has 7 nitrogen and oxygen atoms in total. The van der Waals surface area contributed by atoms with Crippen LogP contribution in [-0.2, 0) is 4.79 Å². The molecule has 144 valence electrons. The van der Waals surface area contributed by atoms with Crippen molar-refractivity contribution in [1.29, 1.82) is 0 Å². The molecular weight excluding hydrogens is 358 g/mol. The van der Waals surface area contributed by atoms with E-state index in [1.54, 1.807) is 36.4 Å². The fourth-order valence-electron chi connectivity index (χ4n) is 3.59. The SMILES string of the molecule is O=C(c1ccccc1)c1ccc(N2CCN(C(=O)C3CC3)CC2)c([N+](=O)[O-])c1. The van der Waals surface area contributed by atoms with E-state index in [-0.39, 0.29) is 23.3 Å². The highest BCUT2D eigenvalue weighted by Crippen LogP contribution is 2.33. The molecule has 1 aliphatic carbocycles. The number of piperazine rings is 1. The number of nitro groups is 1. The summed E-state index contributed by atoms with van der Waals surface area (Å²) in [6, 6.07) is 13.4. The number of ketones is 1. The van der Waals surface area contributed by atoms with E-state index in [9.17, 15) is 19.7 Å². The van der Waals surface area contributed by atoms with Gasteiger partial charge in [-0.15, -0.1) is 0 Å². The van der Waals surface area contributed by atoms with E-state index >= 15 is 0 Å². The molecule has 2 aromatic carbocycles. The molecule has 1 heterocycles. The summed E-state index contributed by atoms with van der Waals surface area (Å²) in [6.45, 7) is 2.23. The Bertz CT molecular complexity index is 917. The van der Waals surface area contributed by atoms with Crippen LogP contribution in [-0.4, -0.2) is 47.7 Å². The lowest BCUT2D eigenvalue weighted by Crippen LogP contribution is -2.49. The minimum atomic E-state index is -0.446. The molecule has 4 rings (SSSR count). The number of hydrogen-bond acceptors (Lipinski definition) is 5. The number of nitrogens with zero attached hydrogens (tertiary/aromatic N) is 3. The van der Waals surface area contributed by atoms with Gasteiger partial charge in [0.25, 0.3) is 5.69 Å². The fourth-order valence-corrected chi connectivity index (χ4v) is 3.59. The first-order valence-corrected chi connectivity index (χ1v) is 9.46. The number of amides is 1. The maximum Gasteiger partial charge on any atom is 0.293 e. The number of nitro benzene ring substituents is 1. The van der Waals surface area contributed by atoms with E-state index < -0.39 is 4.92 Å². The normalized spacial score (nSPS) is 16.7. The van der Waals surface area contributed by atoms with Gasteiger partial charge < -0.3 is 9.80 Å². The highest BCUT2D eigenvalue weighted by molar-refractivity contribution is 6.09. The van der Waals surface area contributed by atoms with E-state index in [1.807, 2.05) is 15.9 Å². The van der Waals surface area contributed by atoms with Gasteiger partial charge in [-0.1, -0.05) is 30.3 Å². The van der Waals surface area contributed by atoms with Gasteiger partial charge in [0.05, 0.1) is 4.92 Å². The van der Waals surface area contributed by atoms with Crippen molar-refractivity contribution >= 4 is 23.1 Å². The van der Waals surface area contributed by atoms with Crippen molar-refractivity contribution in [2.75, 3.05) is 31.1 Å². The van der Waals surface area contributed by atoms with Gasteiger partial charge in [-0.05, 0) is 25.0 Å². The summed E-state index contributed by atoms with van der Waals surface area (Å²) in [7, 11) is 0. The topological polar surface area (TPSA) is 83.8 Å². The number of carbonyl (C=O) groups is 2. The second kappa shape index (κ2) is 7.42. The Morgan fingerprint density at radius 2 is 1.61 bits per heavy atom. The third kappa shape index (κ3) is 3.60. The summed E-state index contributed by atoms with van der Waals surface area (Å²) in [5.74, 6) is 0.150. The van der Waals surface area contributed by atoms with Crippen LogP contribution in [0.15, 0.2) is 48.5 Å². The first kappa shape index (κ1) is 18.2. The predicted octanol–water partition coefficient (Wildman–Crippen LogP) is 2.88. The first-order valence-electron chi connectivity index (χ1n) is 9.46. The molecule has 0 radical (unpaired) electrons. The number of rotatable bonds is 5. The molecule has 2 aliphatic rings. The van der Waals surface area contributed by atoms with Crippen LogP contribution < -0.4 is 4.90 Å². The van der Waals surface area contributed by atoms with Crippen LogP contribution in [0.3, 0.4) is 0 Å². The van der Waals surface area contributed by atoms with E-state index in [1.165, 1.54) is 6.07 Å². The Hall–Kier alpha value is -3.22. The number of hydrogen-bond donors (Lipinski definition) is 0. The van der Waals surface area contributed by atoms with Crippen molar-refractivity contribution < 1.29 is 14.5 Å². The molecule has 1 aliphatic heterocycles. The molecule has 2 aromatic rings. The van der Waals surface area contributed by atoms with Crippen LogP contribution in [0.4, 0.5) is 11.4 Å². The molecule has 0 spiro atoms. The van der Waals surface area contributed by atoms with Crippen LogP contribution in [0.1, 0.15) is 28.8 Å². The van der Waals surface area contributed by atoms with Gasteiger partial charge in [-0.2, -0.15) is 0 Å². The number of benzene rings is 2. The lowest BCUT2D eigenvalue weighted by molar-refractivity contribution is -0.384. The smallest absolute Gasteiger partial charge is 0.293 e. The van der Waals surface area contributed by atoms with Crippen molar-refractivity contribution in [3.63, 3.8) is 0 Å². The highest BCUT2D eigenvalue weighted by atomic mass is 16.6. The molecule has 0 atom stereocenters. The standard InChI is InChI=1S/C21H21N3O4/c25-20(15-4-2-1-3-5-15)17-8-9-18(19(14-17)24(27)28)22-10-12-23(13-11-22)21(26)16-6-7-16/h1-5,8-9,14,16H,6-7,10-13H2. The summed E-state index contributed by atoms with van der Waals surface area (Å²) in [6.07, 6.45) is 1.95. The Labute approximate surface area is 162 Å². The fraction of sp³-hybridized carbons (Fsp3) is 0.333. The van der Waals surface area contributed by atoms with Gasteiger partial charge in [0, 0.05) is 49.3 Å². The third-order valence-corrected chi connectivity index (χ3v) is 5.33. The summed E-state index contributed by atoms with van der Waals surface area (Å²) < 4.78 is 0. The molecule has 0 aromatic heterocycles. The van der Waals surface area contributed by atoms with Crippen LogP contribution in [0.2, 0.25) is 0 Å². The molecule has 1 saturated heterocycles. The van der Waals surface area contributed by atoms with Gasteiger partial charge >= 0.3 is 0 Å². The van der Waals surface area contributed by atoms with Crippen molar-refractivity contribution in [3.8, 4) is 0 Å². The maximum absolute atomic E-state index is 12.6. The Kier molecular flexibility index (Phi) is 4.81. The minimum Gasteiger partial charge on any atom is -0.362 e. The molecule has 2 fully saturated rings. The van der Waals surface area contributed by atoms with Gasteiger partial charge in [-0.3, -0.25) is 19.7 Å². The van der Waals surface area contributed by atoms with Crippen molar-refractivity contribution in [2.24, 2.45) is 5.92 Å². The summed E-state index contributed by atoms with van der Waals surface area (Å²) in [4.78, 5) is 39.8. The van der Waals surface area contributed by atoms with Crippen molar-refractivity contribution in [2.45, 2.75) is 12.8 Å². The molecule has 0 bridgehead atoms. The summed E-state index contributed by atoms with van der Waals surface area (Å²) in [5, 5.41) is 11.6. The number of anilines is 1. The Morgan fingerprint density at radius 3 is 2.21 bits per heavy atom. The van der Waals surface area contributed by atoms with E-state index in [4.69, 9.17) is 0 Å². The minimum absolute atomic E-state index is 0.0799. The molecular formula is C21H21N3O4.